The van der Waals surface area contributed by atoms with Gasteiger partial charge in [0, 0.05) is 24.0 Å². The number of carbonyl (C=O) groups is 1. The Morgan fingerprint density at radius 2 is 1.94 bits per heavy atom. The van der Waals surface area contributed by atoms with Crippen LogP contribution in [-0.2, 0) is 21.8 Å². The molecule has 4 rings (SSSR count). The van der Waals surface area contributed by atoms with Crippen LogP contribution in [0.3, 0.4) is 0 Å². The molecule has 7 nitrogen and oxygen atoms in total. The zero-order chi connectivity index (χ0) is 23.3. The van der Waals surface area contributed by atoms with Crippen molar-refractivity contribution in [2.75, 3.05) is 13.7 Å². The first-order valence-electron chi connectivity index (χ1n) is 11.1. The van der Waals surface area contributed by atoms with E-state index in [1.165, 1.54) is 5.56 Å². The quantitative estimate of drug-likeness (QED) is 0.496. The fourth-order valence-corrected chi connectivity index (χ4v) is 4.91. The topological polar surface area (TPSA) is 78.3 Å². The van der Waals surface area contributed by atoms with Gasteiger partial charge in [0.05, 0.1) is 19.3 Å². The highest BCUT2D eigenvalue weighted by Crippen LogP contribution is 2.29. The maximum atomic E-state index is 12.9. The Hall–Kier alpha value is -2.84. The normalized spacial score (nSPS) is 17.5. The van der Waals surface area contributed by atoms with Crippen molar-refractivity contribution >= 4 is 17.7 Å². The maximum absolute atomic E-state index is 12.9. The second kappa shape index (κ2) is 10.4. The summed E-state index contributed by atoms with van der Waals surface area (Å²) in [6, 6.07) is 18.0. The van der Waals surface area contributed by atoms with Crippen LogP contribution < -0.4 is 10.1 Å². The molecule has 2 heterocycles. The average molecular weight is 467 g/mol. The summed E-state index contributed by atoms with van der Waals surface area (Å²) in [5.41, 5.74) is 1.86. The summed E-state index contributed by atoms with van der Waals surface area (Å²) in [5.74, 6) is 2.23. The Morgan fingerprint density at radius 1 is 1.18 bits per heavy atom. The molecule has 174 valence electrons. The van der Waals surface area contributed by atoms with Gasteiger partial charge in [-0.2, -0.15) is 0 Å². The first kappa shape index (κ1) is 23.3. The fraction of sp³-hybridized carbons (Fsp3) is 0.400. The van der Waals surface area contributed by atoms with E-state index in [0.717, 1.165) is 28.8 Å². The van der Waals surface area contributed by atoms with Gasteiger partial charge in [-0.3, -0.25) is 9.36 Å². The van der Waals surface area contributed by atoms with Gasteiger partial charge in [-0.25, -0.2) is 0 Å². The number of aromatic nitrogens is 3. The molecule has 0 spiro atoms. The summed E-state index contributed by atoms with van der Waals surface area (Å²) >= 11 is 1.62. The SMILES string of the molecule is COc1ccc(-n2c(CNC(=O)[C@@H]3CCOC(C)(C)C3)nnc2SCc2ccccc2)cc1. The number of benzene rings is 2. The van der Waals surface area contributed by atoms with E-state index in [9.17, 15) is 4.79 Å². The number of carbonyl (C=O) groups excluding carboxylic acids is 1. The van der Waals surface area contributed by atoms with E-state index in [1.54, 1.807) is 18.9 Å². The first-order chi connectivity index (χ1) is 15.9. The van der Waals surface area contributed by atoms with Crippen LogP contribution in [0.15, 0.2) is 59.8 Å². The molecule has 0 saturated carbocycles. The van der Waals surface area contributed by atoms with Gasteiger partial charge in [-0.05, 0) is 56.5 Å². The predicted molar refractivity (Wildman–Crippen MR) is 129 cm³/mol. The molecule has 8 heteroatoms. The lowest BCUT2D eigenvalue weighted by Gasteiger charge is -2.34. The lowest BCUT2D eigenvalue weighted by molar-refractivity contribution is -0.135. The molecule has 1 N–H and O–H groups in total. The van der Waals surface area contributed by atoms with Crippen molar-refractivity contribution < 1.29 is 14.3 Å². The Labute approximate surface area is 198 Å². The number of methoxy groups -OCH3 is 1. The van der Waals surface area contributed by atoms with Crippen LogP contribution in [0.1, 0.15) is 38.1 Å². The number of hydrogen-bond acceptors (Lipinski definition) is 6. The van der Waals surface area contributed by atoms with Gasteiger partial charge in [0.1, 0.15) is 5.75 Å². The summed E-state index contributed by atoms with van der Waals surface area (Å²) in [7, 11) is 1.65. The fourth-order valence-electron chi connectivity index (χ4n) is 3.99. The summed E-state index contributed by atoms with van der Waals surface area (Å²) in [5, 5.41) is 12.7. The molecule has 0 aliphatic carbocycles. The van der Waals surface area contributed by atoms with Gasteiger partial charge < -0.3 is 14.8 Å². The van der Waals surface area contributed by atoms with Crippen molar-refractivity contribution in [3.8, 4) is 11.4 Å². The third kappa shape index (κ3) is 5.94. The highest BCUT2D eigenvalue weighted by molar-refractivity contribution is 7.98. The van der Waals surface area contributed by atoms with E-state index in [4.69, 9.17) is 9.47 Å². The first-order valence-corrected chi connectivity index (χ1v) is 12.1. The van der Waals surface area contributed by atoms with Crippen LogP contribution >= 0.6 is 11.8 Å². The maximum Gasteiger partial charge on any atom is 0.223 e. The third-order valence-electron chi connectivity index (χ3n) is 5.73. The van der Waals surface area contributed by atoms with E-state index in [0.29, 0.717) is 25.4 Å². The number of amides is 1. The van der Waals surface area contributed by atoms with Gasteiger partial charge in [0.15, 0.2) is 11.0 Å². The highest BCUT2D eigenvalue weighted by Gasteiger charge is 2.33. The average Bonchev–Trinajstić information content (AvgIpc) is 3.24. The Kier molecular flexibility index (Phi) is 7.35. The van der Waals surface area contributed by atoms with Crippen LogP contribution in [0.25, 0.3) is 5.69 Å². The standard InChI is InChI=1S/C25H30N4O3S/c1-25(2)15-19(13-14-32-25)23(30)26-16-22-27-28-24(33-17-18-7-5-4-6-8-18)29(22)20-9-11-21(31-3)12-10-20/h4-12,19H,13-17H2,1-3H3,(H,26,30)/t19-/m1/s1. The predicted octanol–water partition coefficient (Wildman–Crippen LogP) is 4.39. The molecule has 1 fully saturated rings. The summed E-state index contributed by atoms with van der Waals surface area (Å²) in [4.78, 5) is 12.9. The molecule has 2 aromatic carbocycles. The molecular weight excluding hydrogens is 436 g/mol. The molecule has 1 atom stereocenters. The van der Waals surface area contributed by atoms with E-state index >= 15 is 0 Å². The van der Waals surface area contributed by atoms with Crippen LogP contribution in [0, 0.1) is 5.92 Å². The van der Waals surface area contributed by atoms with Gasteiger partial charge >= 0.3 is 0 Å². The molecule has 1 aliphatic heterocycles. The highest BCUT2D eigenvalue weighted by atomic mass is 32.2. The monoisotopic (exact) mass is 466 g/mol. The van der Waals surface area contributed by atoms with Crippen LogP contribution in [-0.4, -0.2) is 40.0 Å². The zero-order valence-corrected chi connectivity index (χ0v) is 20.1. The molecule has 1 amide bonds. The second-order valence-electron chi connectivity index (χ2n) is 8.72. The Bertz CT molecular complexity index is 1070. The van der Waals surface area contributed by atoms with Gasteiger partial charge in [0.25, 0.3) is 0 Å². The van der Waals surface area contributed by atoms with E-state index < -0.39 is 0 Å². The summed E-state index contributed by atoms with van der Waals surface area (Å²) < 4.78 is 13.1. The van der Waals surface area contributed by atoms with Crippen molar-refractivity contribution in [3.63, 3.8) is 0 Å². The van der Waals surface area contributed by atoms with Crippen molar-refractivity contribution in [2.24, 2.45) is 5.92 Å². The Morgan fingerprint density at radius 3 is 2.64 bits per heavy atom. The Balaban J connectivity index is 1.52. The smallest absolute Gasteiger partial charge is 0.223 e. The molecule has 0 bridgehead atoms. The summed E-state index contributed by atoms with van der Waals surface area (Å²) in [6.07, 6.45) is 1.45. The minimum atomic E-state index is -0.273. The molecule has 0 unspecified atom stereocenters. The van der Waals surface area contributed by atoms with Gasteiger partial charge in [-0.1, -0.05) is 42.1 Å². The van der Waals surface area contributed by atoms with Gasteiger partial charge in [-0.15, -0.1) is 10.2 Å². The number of nitrogens with zero attached hydrogens (tertiary/aromatic N) is 3. The van der Waals surface area contributed by atoms with Crippen molar-refractivity contribution in [1.82, 2.24) is 20.1 Å². The lowest BCUT2D eigenvalue weighted by atomic mass is 9.88. The van der Waals surface area contributed by atoms with Crippen molar-refractivity contribution in [2.45, 2.75) is 49.7 Å². The third-order valence-corrected chi connectivity index (χ3v) is 6.73. The minimum Gasteiger partial charge on any atom is -0.497 e. The molecule has 3 aromatic rings. The molecule has 33 heavy (non-hydrogen) atoms. The minimum absolute atomic E-state index is 0.0362. The molecule has 1 aliphatic rings. The molecule has 1 saturated heterocycles. The molecule has 0 radical (unpaired) electrons. The summed E-state index contributed by atoms with van der Waals surface area (Å²) in [6.45, 7) is 4.97. The van der Waals surface area contributed by atoms with Crippen LogP contribution in [0.2, 0.25) is 0 Å². The second-order valence-corrected chi connectivity index (χ2v) is 9.66. The number of ether oxygens (including phenoxy) is 2. The van der Waals surface area contributed by atoms with Crippen LogP contribution in [0.4, 0.5) is 0 Å². The van der Waals surface area contributed by atoms with E-state index in [2.05, 4.69) is 27.6 Å². The lowest BCUT2D eigenvalue weighted by Crippen LogP contribution is -2.41. The van der Waals surface area contributed by atoms with Gasteiger partial charge in [0.2, 0.25) is 5.91 Å². The number of nitrogens with one attached hydrogen (secondary N) is 1. The zero-order valence-electron chi connectivity index (χ0n) is 19.3. The van der Waals surface area contributed by atoms with E-state index in [-0.39, 0.29) is 17.4 Å². The van der Waals surface area contributed by atoms with Crippen molar-refractivity contribution in [3.05, 3.63) is 66.0 Å². The molecule has 1 aromatic heterocycles. The number of hydrogen-bond donors (Lipinski definition) is 1. The number of thioether (sulfide) groups is 1. The number of rotatable bonds is 8. The molecular formula is C25H30N4O3S. The van der Waals surface area contributed by atoms with Crippen molar-refractivity contribution in [1.29, 1.82) is 0 Å². The van der Waals surface area contributed by atoms with E-state index in [1.807, 2.05) is 60.9 Å². The largest absolute Gasteiger partial charge is 0.497 e. The van der Waals surface area contributed by atoms with Crippen LogP contribution in [0.5, 0.6) is 5.75 Å².